The fourth-order valence-electron chi connectivity index (χ4n) is 3.18. The first-order valence-electron chi connectivity index (χ1n) is 8.71. The molecule has 1 aliphatic rings. The fraction of sp³-hybridized carbons (Fsp3) is 0.579. The summed E-state index contributed by atoms with van der Waals surface area (Å²) in [5.74, 6) is 0.216. The van der Waals surface area contributed by atoms with Gasteiger partial charge >= 0.3 is 0 Å². The first-order valence-corrected chi connectivity index (χ1v) is 8.71. The summed E-state index contributed by atoms with van der Waals surface area (Å²) in [6.45, 7) is 4.17. The summed E-state index contributed by atoms with van der Waals surface area (Å²) in [6.07, 6.45) is 3.20. The number of carbonyl (C=O) groups excluding carboxylic acids is 2. The van der Waals surface area contributed by atoms with E-state index in [2.05, 4.69) is 5.32 Å². The molecule has 7 heteroatoms. The number of hydrogen-bond acceptors (Lipinski definition) is 4. The van der Waals surface area contributed by atoms with Crippen LogP contribution < -0.4 is 5.32 Å². The molecule has 1 heterocycles. The van der Waals surface area contributed by atoms with Crippen LogP contribution in [0, 0.1) is 5.92 Å². The Balaban J connectivity index is 0.00000338. The summed E-state index contributed by atoms with van der Waals surface area (Å²) in [7, 11) is 1.67. The van der Waals surface area contributed by atoms with Crippen LogP contribution >= 0.6 is 0 Å². The van der Waals surface area contributed by atoms with E-state index < -0.39 is 12.1 Å². The van der Waals surface area contributed by atoms with Gasteiger partial charge in [-0.3, -0.25) is 4.79 Å². The molecule has 1 aromatic rings. The number of ether oxygens (including phenoxy) is 2. The Labute approximate surface area is 180 Å². The van der Waals surface area contributed by atoms with Crippen molar-refractivity contribution in [2.24, 2.45) is 5.92 Å². The maximum absolute atomic E-state index is 12.9. The first-order chi connectivity index (χ1) is 12.2. The van der Waals surface area contributed by atoms with Crippen LogP contribution in [0.4, 0.5) is 0 Å². The molecule has 141 valence electrons. The zero-order chi connectivity index (χ0) is 18.1. The minimum atomic E-state index is -0.734. The fourth-order valence-corrected chi connectivity index (χ4v) is 3.18. The van der Waals surface area contributed by atoms with Gasteiger partial charge < -0.3 is 24.5 Å². The Morgan fingerprint density at radius 1 is 1.38 bits per heavy atom. The minimum Gasteiger partial charge on any atom is -0.520 e. The molecule has 3 atom stereocenters. The van der Waals surface area contributed by atoms with Gasteiger partial charge in [-0.15, -0.1) is 0 Å². The number of amides is 2. The molecule has 0 spiro atoms. The second-order valence-corrected chi connectivity index (χ2v) is 6.47. The summed E-state index contributed by atoms with van der Waals surface area (Å²) < 4.78 is 11.0. The van der Waals surface area contributed by atoms with E-state index in [1.807, 2.05) is 30.3 Å². The summed E-state index contributed by atoms with van der Waals surface area (Å²) in [5, 5.41) is 2.51. The minimum absolute atomic E-state index is 0. The largest absolute Gasteiger partial charge is 0.520 e. The molecular weight excluding hydrogens is 409 g/mol. The van der Waals surface area contributed by atoms with Gasteiger partial charge in [0.25, 0.3) is 0 Å². The van der Waals surface area contributed by atoms with E-state index in [4.69, 9.17) is 9.47 Å². The number of carbonyl (C=O) groups is 1. The van der Waals surface area contributed by atoms with Crippen molar-refractivity contribution in [2.75, 3.05) is 26.8 Å². The number of rotatable bonds is 9. The molecule has 2 amide bonds. The van der Waals surface area contributed by atoms with E-state index in [9.17, 15) is 9.59 Å². The summed E-state index contributed by atoms with van der Waals surface area (Å²) >= 11 is 0. The van der Waals surface area contributed by atoms with Crippen molar-refractivity contribution in [1.82, 2.24) is 10.2 Å². The monoisotopic (exact) mass is 436 g/mol. The predicted octanol–water partition coefficient (Wildman–Crippen LogP) is 1.50. The summed E-state index contributed by atoms with van der Waals surface area (Å²) in [5.41, 5.74) is 1.02. The van der Waals surface area contributed by atoms with Crippen LogP contribution in [0.1, 0.15) is 25.3 Å². The maximum atomic E-state index is 12.9. The van der Waals surface area contributed by atoms with Crippen molar-refractivity contribution in [1.29, 1.82) is 0 Å². The molecule has 1 N–H and O–H groups in total. The third-order valence-corrected chi connectivity index (χ3v) is 4.54. The predicted molar refractivity (Wildman–Crippen MR) is 94.5 cm³/mol. The van der Waals surface area contributed by atoms with Crippen LogP contribution in [0.2, 0.25) is 0 Å². The molecule has 1 fully saturated rings. The smallest absolute Gasteiger partial charge is 0.245 e. The Morgan fingerprint density at radius 2 is 2.12 bits per heavy atom. The molecule has 1 aliphatic heterocycles. The first kappa shape index (κ1) is 23.2. The van der Waals surface area contributed by atoms with Gasteiger partial charge in [-0.25, -0.2) is 0 Å². The molecule has 0 bridgehead atoms. The van der Waals surface area contributed by atoms with Crippen LogP contribution in [0.15, 0.2) is 30.3 Å². The van der Waals surface area contributed by atoms with Gasteiger partial charge in [0, 0.05) is 52.9 Å². The van der Waals surface area contributed by atoms with Crippen LogP contribution in [0.3, 0.4) is 0 Å². The van der Waals surface area contributed by atoms with E-state index in [1.165, 1.54) is 0 Å². The van der Waals surface area contributed by atoms with Gasteiger partial charge in [0.15, 0.2) is 0 Å². The average molecular weight is 436 g/mol. The average Bonchev–Trinajstić information content (AvgIpc) is 2.65. The Bertz CT molecular complexity index is 542. The van der Waals surface area contributed by atoms with Crippen LogP contribution in [-0.4, -0.2) is 56.2 Å². The standard InChI is InChI=1S/C19H27N2O4.Y/c1-15(25-13-16-7-4-3-5-8-16)18(20-14-22)19(23)21-10-6-9-17(11-21)12-24-2;/h3-5,7-8,15,17-18H,6,9-13H2,1-2H3,(H,20,22);/q-1;. The number of nitrogens with zero attached hydrogens (tertiary/aromatic N) is 1. The van der Waals surface area contributed by atoms with Crippen molar-refractivity contribution < 1.29 is 51.8 Å². The van der Waals surface area contributed by atoms with Crippen LogP contribution in [0.25, 0.3) is 0 Å². The topological polar surface area (TPSA) is 67.9 Å². The zero-order valence-electron chi connectivity index (χ0n) is 15.5. The molecule has 1 aromatic carbocycles. The van der Waals surface area contributed by atoms with E-state index in [-0.39, 0.29) is 38.6 Å². The molecule has 3 unspecified atom stereocenters. The van der Waals surface area contributed by atoms with Crippen molar-refractivity contribution in [3.63, 3.8) is 0 Å². The van der Waals surface area contributed by atoms with E-state index in [0.717, 1.165) is 18.4 Å². The second-order valence-electron chi connectivity index (χ2n) is 6.47. The number of methoxy groups -OCH3 is 1. The molecule has 0 aromatic heterocycles. The summed E-state index contributed by atoms with van der Waals surface area (Å²) in [6, 6.07) is 9.00. The van der Waals surface area contributed by atoms with Crippen molar-refractivity contribution >= 4 is 12.3 Å². The molecule has 26 heavy (non-hydrogen) atoms. The normalized spacial score (nSPS) is 19.2. The number of hydrogen-bond donors (Lipinski definition) is 1. The molecule has 1 saturated heterocycles. The van der Waals surface area contributed by atoms with Crippen molar-refractivity contribution in [3.05, 3.63) is 35.9 Å². The van der Waals surface area contributed by atoms with Gasteiger partial charge in [0.1, 0.15) is 6.04 Å². The van der Waals surface area contributed by atoms with Crippen molar-refractivity contribution in [3.8, 4) is 0 Å². The van der Waals surface area contributed by atoms with Gasteiger partial charge in [-0.05, 0) is 31.2 Å². The Hall–Kier alpha value is -0.816. The number of benzene rings is 1. The SMILES string of the molecule is COCC1CCCN(C(=O)C(N[C-]=O)C(C)OCc2ccccc2)C1.[Y]. The van der Waals surface area contributed by atoms with Crippen molar-refractivity contribution in [2.45, 2.75) is 38.5 Å². The second kappa shape index (κ2) is 12.5. The third kappa shape index (κ3) is 7.07. The van der Waals surface area contributed by atoms with Gasteiger partial charge in [0.05, 0.1) is 19.3 Å². The molecule has 1 radical (unpaired) electrons. The van der Waals surface area contributed by atoms with E-state index in [0.29, 0.717) is 32.2 Å². The molecule has 0 saturated carbocycles. The number of piperidine rings is 1. The number of nitrogens with one attached hydrogen (secondary N) is 1. The van der Waals surface area contributed by atoms with E-state index in [1.54, 1.807) is 25.3 Å². The summed E-state index contributed by atoms with van der Waals surface area (Å²) in [4.78, 5) is 25.5. The molecule has 2 rings (SSSR count). The van der Waals surface area contributed by atoms with Gasteiger partial charge in [-0.2, -0.15) is 6.41 Å². The molecule has 6 nitrogen and oxygen atoms in total. The molecule has 0 aliphatic carbocycles. The van der Waals surface area contributed by atoms with Gasteiger partial charge in [-0.1, -0.05) is 30.3 Å². The Kier molecular flexibility index (Phi) is 11.2. The Morgan fingerprint density at radius 3 is 2.77 bits per heavy atom. The third-order valence-electron chi connectivity index (χ3n) is 4.54. The quantitative estimate of drug-likeness (QED) is 0.471. The number of likely N-dealkylation sites (tertiary alicyclic amines) is 1. The van der Waals surface area contributed by atoms with Crippen LogP contribution in [0.5, 0.6) is 0 Å². The molecular formula is C19H27N2O4Y-. The van der Waals surface area contributed by atoms with Gasteiger partial charge in [0.2, 0.25) is 5.91 Å². The maximum Gasteiger partial charge on any atom is 0.245 e. The van der Waals surface area contributed by atoms with E-state index >= 15 is 0 Å². The zero-order valence-corrected chi connectivity index (χ0v) is 18.4. The van der Waals surface area contributed by atoms with Crippen LogP contribution in [-0.2, 0) is 58.4 Å².